The Bertz CT molecular complexity index is 686. The Morgan fingerprint density at radius 2 is 2.29 bits per heavy atom. The number of carbonyl (C=O) groups is 1. The number of nitrogens with two attached hydrogens (primary N) is 1. The number of aromatic nitrogens is 1. The van der Waals surface area contributed by atoms with Crippen molar-refractivity contribution >= 4 is 17.2 Å². The zero-order valence-corrected chi connectivity index (χ0v) is 14.3. The van der Waals surface area contributed by atoms with Gasteiger partial charge < -0.3 is 20.5 Å². The van der Waals surface area contributed by atoms with E-state index in [1.54, 1.807) is 30.8 Å². The van der Waals surface area contributed by atoms with Gasteiger partial charge in [-0.05, 0) is 37.0 Å². The van der Waals surface area contributed by atoms with Gasteiger partial charge in [-0.15, -0.1) is 11.3 Å². The maximum absolute atomic E-state index is 12.4. The first-order chi connectivity index (χ1) is 11.7. The van der Waals surface area contributed by atoms with Crippen LogP contribution in [-0.2, 0) is 6.61 Å². The van der Waals surface area contributed by atoms with Crippen LogP contribution in [0.4, 0.5) is 0 Å². The highest BCUT2D eigenvalue weighted by Gasteiger charge is 2.31. The third-order valence-electron chi connectivity index (χ3n) is 4.05. The molecule has 0 radical (unpaired) electrons. The van der Waals surface area contributed by atoms with Gasteiger partial charge in [-0.25, -0.2) is 4.98 Å². The van der Waals surface area contributed by atoms with Crippen molar-refractivity contribution in [2.24, 2.45) is 11.7 Å². The van der Waals surface area contributed by atoms with Gasteiger partial charge in [-0.1, -0.05) is 0 Å². The zero-order chi connectivity index (χ0) is 16.9. The Morgan fingerprint density at radius 3 is 2.92 bits per heavy atom. The lowest BCUT2D eigenvalue weighted by Gasteiger charge is -2.17. The Balaban J connectivity index is 1.67. The number of rotatable bonds is 8. The fraction of sp³-hybridized carbons (Fsp3) is 0.412. The van der Waals surface area contributed by atoms with Crippen molar-refractivity contribution < 1.29 is 14.3 Å². The minimum absolute atomic E-state index is 0.0455. The molecule has 0 saturated heterocycles. The normalized spacial score (nSPS) is 14.9. The summed E-state index contributed by atoms with van der Waals surface area (Å²) in [6.07, 6.45) is 2.27. The monoisotopic (exact) mass is 347 g/mol. The van der Waals surface area contributed by atoms with Crippen LogP contribution < -0.4 is 20.5 Å². The molecule has 1 heterocycles. The molecule has 1 aromatic carbocycles. The fourth-order valence-electron chi connectivity index (χ4n) is 2.51. The zero-order valence-electron chi connectivity index (χ0n) is 13.5. The Labute approximate surface area is 145 Å². The minimum Gasteiger partial charge on any atom is -0.493 e. The Morgan fingerprint density at radius 1 is 1.46 bits per heavy atom. The molecule has 1 aliphatic carbocycles. The number of benzene rings is 1. The highest BCUT2D eigenvalue weighted by atomic mass is 32.1. The van der Waals surface area contributed by atoms with Crippen molar-refractivity contribution in [2.45, 2.75) is 25.5 Å². The summed E-state index contributed by atoms with van der Waals surface area (Å²) < 4.78 is 11.1. The molecule has 1 amide bonds. The van der Waals surface area contributed by atoms with E-state index in [-0.39, 0.29) is 11.9 Å². The van der Waals surface area contributed by atoms with Gasteiger partial charge in [0.25, 0.3) is 5.91 Å². The molecule has 1 saturated carbocycles. The van der Waals surface area contributed by atoms with Crippen molar-refractivity contribution in [2.75, 3.05) is 13.7 Å². The number of amides is 1. The molecule has 0 bridgehead atoms. The molecule has 1 aliphatic rings. The summed E-state index contributed by atoms with van der Waals surface area (Å²) in [5.41, 5.74) is 8.90. The fourth-order valence-corrected chi connectivity index (χ4v) is 3.05. The molecule has 24 heavy (non-hydrogen) atoms. The number of methoxy groups -OCH3 is 1. The largest absolute Gasteiger partial charge is 0.493 e. The van der Waals surface area contributed by atoms with Crippen LogP contribution in [0, 0.1) is 5.92 Å². The summed E-state index contributed by atoms with van der Waals surface area (Å²) in [7, 11) is 1.56. The number of hydrogen-bond donors (Lipinski definition) is 2. The van der Waals surface area contributed by atoms with Crippen molar-refractivity contribution in [1.82, 2.24) is 10.3 Å². The molecular weight excluding hydrogens is 326 g/mol. The Kier molecular flexibility index (Phi) is 5.32. The van der Waals surface area contributed by atoms with E-state index < -0.39 is 0 Å². The van der Waals surface area contributed by atoms with Gasteiger partial charge in [0.2, 0.25) is 0 Å². The van der Waals surface area contributed by atoms with Crippen LogP contribution in [-0.4, -0.2) is 30.6 Å². The SMILES string of the molecule is COc1cc(C(=O)NC(CN)C2CC2)ccc1OCc1cscn1. The van der Waals surface area contributed by atoms with Crippen molar-refractivity contribution in [1.29, 1.82) is 0 Å². The standard InChI is InChI=1S/C17H21N3O3S/c1-22-16-6-12(17(21)20-14(7-18)11-2-3-11)4-5-15(16)23-8-13-9-24-10-19-13/h4-6,9-11,14H,2-3,7-8,18H2,1H3,(H,20,21). The van der Waals surface area contributed by atoms with Gasteiger partial charge in [-0.2, -0.15) is 0 Å². The molecule has 0 spiro atoms. The molecule has 128 valence electrons. The van der Waals surface area contributed by atoms with Gasteiger partial charge in [0.05, 0.1) is 18.3 Å². The first-order valence-electron chi connectivity index (χ1n) is 7.90. The lowest BCUT2D eigenvalue weighted by atomic mass is 10.1. The Hall–Kier alpha value is -2.12. The average molecular weight is 347 g/mol. The lowest BCUT2D eigenvalue weighted by Crippen LogP contribution is -2.41. The van der Waals surface area contributed by atoms with Gasteiger partial charge in [0, 0.05) is 23.5 Å². The number of nitrogens with zero attached hydrogens (tertiary/aromatic N) is 1. The van der Waals surface area contributed by atoms with Gasteiger partial charge >= 0.3 is 0 Å². The van der Waals surface area contributed by atoms with Crippen LogP contribution in [0.1, 0.15) is 28.9 Å². The summed E-state index contributed by atoms with van der Waals surface area (Å²) in [5.74, 6) is 1.48. The summed E-state index contributed by atoms with van der Waals surface area (Å²) in [6.45, 7) is 0.824. The number of hydrogen-bond acceptors (Lipinski definition) is 6. The summed E-state index contributed by atoms with van der Waals surface area (Å²) in [4.78, 5) is 16.6. The third-order valence-corrected chi connectivity index (χ3v) is 4.68. The number of carbonyl (C=O) groups excluding carboxylic acids is 1. The van der Waals surface area contributed by atoms with Crippen LogP contribution in [0.2, 0.25) is 0 Å². The lowest BCUT2D eigenvalue weighted by molar-refractivity contribution is 0.0933. The smallest absolute Gasteiger partial charge is 0.251 e. The predicted octanol–water partition coefficient (Wildman–Crippen LogP) is 2.20. The highest BCUT2D eigenvalue weighted by molar-refractivity contribution is 7.07. The maximum Gasteiger partial charge on any atom is 0.251 e. The van der Waals surface area contributed by atoms with Crippen molar-refractivity contribution in [3.63, 3.8) is 0 Å². The first-order valence-corrected chi connectivity index (χ1v) is 8.84. The van der Waals surface area contributed by atoms with E-state index >= 15 is 0 Å². The molecule has 7 heteroatoms. The minimum atomic E-state index is -0.137. The number of thiazole rings is 1. The number of nitrogens with one attached hydrogen (secondary N) is 1. The molecule has 1 atom stereocenters. The first kappa shape index (κ1) is 16.7. The van der Waals surface area contributed by atoms with Gasteiger partial charge in [-0.3, -0.25) is 4.79 Å². The second kappa shape index (κ2) is 7.63. The van der Waals surface area contributed by atoms with Gasteiger partial charge in [0.15, 0.2) is 11.5 Å². The van der Waals surface area contributed by atoms with E-state index in [0.717, 1.165) is 18.5 Å². The molecule has 1 aromatic heterocycles. The molecule has 3 rings (SSSR count). The molecular formula is C17H21N3O3S. The number of ether oxygens (including phenoxy) is 2. The van der Waals surface area contributed by atoms with Crippen LogP contribution in [0.3, 0.4) is 0 Å². The van der Waals surface area contributed by atoms with Crippen LogP contribution in [0.5, 0.6) is 11.5 Å². The van der Waals surface area contributed by atoms with Crippen LogP contribution >= 0.6 is 11.3 Å². The summed E-state index contributed by atoms with van der Waals surface area (Å²) >= 11 is 1.52. The van der Waals surface area contributed by atoms with E-state index in [1.165, 1.54) is 11.3 Å². The second-order valence-electron chi connectivity index (χ2n) is 5.79. The van der Waals surface area contributed by atoms with Crippen LogP contribution in [0.15, 0.2) is 29.1 Å². The topological polar surface area (TPSA) is 86.5 Å². The van der Waals surface area contributed by atoms with Crippen LogP contribution in [0.25, 0.3) is 0 Å². The molecule has 2 aromatic rings. The van der Waals surface area contributed by atoms with E-state index in [2.05, 4.69) is 10.3 Å². The second-order valence-corrected chi connectivity index (χ2v) is 6.51. The average Bonchev–Trinajstić information content (AvgIpc) is 3.32. The van der Waals surface area contributed by atoms with Crippen molar-refractivity contribution in [3.8, 4) is 11.5 Å². The van der Waals surface area contributed by atoms with E-state index in [9.17, 15) is 4.79 Å². The maximum atomic E-state index is 12.4. The molecule has 1 unspecified atom stereocenters. The van der Waals surface area contributed by atoms with E-state index in [4.69, 9.17) is 15.2 Å². The van der Waals surface area contributed by atoms with E-state index in [0.29, 0.717) is 36.1 Å². The van der Waals surface area contributed by atoms with Gasteiger partial charge in [0.1, 0.15) is 6.61 Å². The summed E-state index contributed by atoms with van der Waals surface area (Å²) in [6, 6.07) is 5.21. The summed E-state index contributed by atoms with van der Waals surface area (Å²) in [5, 5.41) is 4.93. The predicted molar refractivity (Wildman–Crippen MR) is 92.5 cm³/mol. The molecule has 6 nitrogen and oxygen atoms in total. The highest BCUT2D eigenvalue weighted by Crippen LogP contribution is 2.33. The third kappa shape index (κ3) is 4.04. The molecule has 1 fully saturated rings. The quantitative estimate of drug-likeness (QED) is 0.764. The molecule has 3 N–H and O–H groups in total. The van der Waals surface area contributed by atoms with E-state index in [1.807, 2.05) is 5.38 Å². The van der Waals surface area contributed by atoms with Crippen molar-refractivity contribution in [3.05, 3.63) is 40.3 Å². The molecule has 0 aliphatic heterocycles.